The van der Waals surface area contributed by atoms with Crippen molar-refractivity contribution < 1.29 is 28.8 Å². The van der Waals surface area contributed by atoms with Crippen molar-refractivity contribution in [1.82, 2.24) is 0 Å². The molecule has 1 aliphatic carbocycles. The van der Waals surface area contributed by atoms with Crippen LogP contribution in [0.1, 0.15) is 58.9 Å². The van der Waals surface area contributed by atoms with E-state index in [9.17, 15) is 19.7 Å². The summed E-state index contributed by atoms with van der Waals surface area (Å²) >= 11 is 0. The molecule has 58 heavy (non-hydrogen) atoms. The fraction of sp³-hybridized carbons (Fsp3) is 0.306. The number of aromatic hydroxyl groups is 1. The lowest BCUT2D eigenvalue weighted by Crippen LogP contribution is -2.66. The molecule has 0 unspecified atom stereocenters. The molecule has 5 aromatic rings. The van der Waals surface area contributed by atoms with Crippen LogP contribution in [0.25, 0.3) is 16.8 Å². The number of carbonyl (C=O) groups is 2. The summed E-state index contributed by atoms with van der Waals surface area (Å²) in [6.45, 7) is 9.19. The second kappa shape index (κ2) is 16.3. The molecule has 5 aromatic carbocycles. The van der Waals surface area contributed by atoms with Crippen molar-refractivity contribution in [2.75, 3.05) is 11.5 Å². The lowest BCUT2D eigenvalue weighted by atomic mass is 9.58. The van der Waals surface area contributed by atoms with Crippen molar-refractivity contribution in [2.45, 2.75) is 70.8 Å². The molecule has 2 amide bonds. The lowest BCUT2D eigenvalue weighted by molar-refractivity contribution is -0.122. The number of hydrogen-bond acceptors (Lipinski definition) is 6. The van der Waals surface area contributed by atoms with E-state index < -0.39 is 33.4 Å². The van der Waals surface area contributed by atoms with Gasteiger partial charge in [0.25, 0.3) is 8.32 Å². The van der Waals surface area contributed by atoms with Crippen molar-refractivity contribution in [3.8, 4) is 5.75 Å². The Bertz CT molecular complexity index is 2320. The molecule has 7 nitrogen and oxygen atoms in total. The molecule has 2 heterocycles. The van der Waals surface area contributed by atoms with Crippen molar-refractivity contribution in [2.24, 2.45) is 17.8 Å². The van der Waals surface area contributed by atoms with E-state index in [1.54, 1.807) is 6.07 Å². The zero-order valence-electron chi connectivity index (χ0n) is 33.8. The van der Waals surface area contributed by atoms with Crippen LogP contribution in [0.5, 0.6) is 5.75 Å². The van der Waals surface area contributed by atoms with Gasteiger partial charge in [-0.1, -0.05) is 149 Å². The van der Waals surface area contributed by atoms with E-state index in [4.69, 9.17) is 9.08 Å². The highest BCUT2D eigenvalue weighted by Crippen LogP contribution is 2.52. The maximum Gasteiger partial charge on any atom is 0.455 e. The van der Waals surface area contributed by atoms with E-state index in [0.29, 0.717) is 24.9 Å². The first-order chi connectivity index (χ1) is 28.0. The third-order valence-corrected chi connectivity index (χ3v) is 17.7. The third-order valence-electron chi connectivity index (χ3n) is 12.7. The number of phenolic OH excluding ortho intramolecular Hbond substituents is 1. The number of hydrogen-bond donors (Lipinski definition) is 2. The summed E-state index contributed by atoms with van der Waals surface area (Å²) in [6, 6.07) is 41.8. The first-order valence-corrected chi connectivity index (χ1v) is 22.6. The number of anilines is 1. The summed E-state index contributed by atoms with van der Waals surface area (Å²) in [7, 11) is -4.06. The summed E-state index contributed by atoms with van der Waals surface area (Å²) in [5, 5.41) is 25.8. The van der Waals surface area contributed by atoms with E-state index >= 15 is 0 Å². The molecule has 0 spiro atoms. The van der Waals surface area contributed by atoms with Crippen LogP contribution in [0.2, 0.25) is 11.4 Å². The molecule has 296 valence electrons. The zero-order valence-corrected chi connectivity index (χ0v) is 34.8. The van der Waals surface area contributed by atoms with Gasteiger partial charge in [-0.15, -0.1) is 0 Å². The Kier molecular flexibility index (Phi) is 11.2. The molecule has 2 N–H and O–H groups in total. The Morgan fingerprint density at radius 2 is 1.43 bits per heavy atom. The predicted molar refractivity (Wildman–Crippen MR) is 235 cm³/mol. The van der Waals surface area contributed by atoms with Crippen LogP contribution in [0.3, 0.4) is 0 Å². The molecule has 3 aliphatic rings. The predicted octanol–water partition coefficient (Wildman–Crippen LogP) is 8.70. The fourth-order valence-electron chi connectivity index (χ4n) is 10.0. The highest BCUT2D eigenvalue weighted by molar-refractivity contribution is 6.99. The van der Waals surface area contributed by atoms with Crippen LogP contribution in [0.4, 0.5) is 5.69 Å². The minimum atomic E-state index is -2.98. The molecule has 0 aromatic heterocycles. The first kappa shape index (κ1) is 39.8. The summed E-state index contributed by atoms with van der Waals surface area (Å²) in [5.74, 6) is -1.72. The van der Waals surface area contributed by atoms with Crippen molar-refractivity contribution in [3.63, 3.8) is 0 Å². The van der Waals surface area contributed by atoms with Gasteiger partial charge in [0, 0.05) is 5.39 Å². The Balaban J connectivity index is 1.20. The second-order valence-corrected chi connectivity index (χ2v) is 21.3. The van der Waals surface area contributed by atoms with Crippen LogP contribution < -0.4 is 15.3 Å². The second-order valence-electron chi connectivity index (χ2n) is 17.0. The quantitative estimate of drug-likeness (QED) is 0.0791. The number of fused-ring (bicyclic) bond motifs is 4. The SMILES string of the molecule is CC/C(=C\c1ccc(O)c2ccccc12)CC[C@H]1OB(O)C[C@H]2C1=C(CO[Si](c1ccccc1)(c1ccccc1)C(C)(C)C)C[C@H]1C(=O)N(c3ccccc3)C(=O)[C@H]12. The number of imide groups is 1. The molecule has 2 fully saturated rings. The molecule has 2 saturated heterocycles. The lowest BCUT2D eigenvalue weighted by Gasteiger charge is -2.46. The number of para-hydroxylation sites is 1. The van der Waals surface area contributed by atoms with Gasteiger partial charge in [-0.05, 0) is 93.6 Å². The highest BCUT2D eigenvalue weighted by atomic mass is 28.4. The number of phenols is 1. The van der Waals surface area contributed by atoms with Gasteiger partial charge in [-0.2, -0.15) is 0 Å². The van der Waals surface area contributed by atoms with Crippen molar-refractivity contribution in [1.29, 1.82) is 0 Å². The third kappa shape index (κ3) is 7.19. The van der Waals surface area contributed by atoms with Gasteiger partial charge in [0.1, 0.15) is 5.75 Å². The van der Waals surface area contributed by atoms with Crippen LogP contribution in [0, 0.1) is 17.8 Å². The van der Waals surface area contributed by atoms with Crippen molar-refractivity contribution in [3.05, 3.63) is 150 Å². The molecule has 2 aliphatic heterocycles. The van der Waals surface area contributed by atoms with Gasteiger partial charge >= 0.3 is 7.12 Å². The maximum atomic E-state index is 14.5. The Labute approximate surface area is 343 Å². The van der Waals surface area contributed by atoms with Crippen LogP contribution in [0.15, 0.2) is 144 Å². The van der Waals surface area contributed by atoms with Crippen LogP contribution in [-0.2, 0) is 18.7 Å². The Morgan fingerprint density at radius 1 is 0.828 bits per heavy atom. The largest absolute Gasteiger partial charge is 0.507 e. The number of amides is 2. The van der Waals surface area contributed by atoms with Gasteiger partial charge in [0.2, 0.25) is 11.8 Å². The summed E-state index contributed by atoms with van der Waals surface area (Å²) in [6.07, 6.45) is 4.42. The normalized spacial score (nSPS) is 21.4. The number of carbonyl (C=O) groups excluding carboxylic acids is 2. The van der Waals surface area contributed by atoms with Gasteiger partial charge in [-0.25, -0.2) is 0 Å². The van der Waals surface area contributed by atoms with E-state index in [2.05, 4.69) is 82.3 Å². The van der Waals surface area contributed by atoms with Crippen LogP contribution >= 0.6 is 0 Å². The summed E-state index contributed by atoms with van der Waals surface area (Å²) < 4.78 is 14.0. The van der Waals surface area contributed by atoms with E-state index in [-0.39, 0.29) is 41.4 Å². The smallest absolute Gasteiger partial charge is 0.455 e. The highest BCUT2D eigenvalue weighted by Gasteiger charge is 2.58. The van der Waals surface area contributed by atoms with E-state index in [0.717, 1.165) is 33.9 Å². The Morgan fingerprint density at radius 3 is 2.05 bits per heavy atom. The number of allylic oxidation sites excluding steroid dienone is 1. The molecule has 9 heteroatoms. The molecule has 4 atom stereocenters. The summed E-state index contributed by atoms with van der Waals surface area (Å²) in [5.41, 5.74) is 4.81. The first-order valence-electron chi connectivity index (χ1n) is 20.6. The van der Waals surface area contributed by atoms with Crippen molar-refractivity contribution >= 4 is 60.2 Å². The molecule has 0 radical (unpaired) electrons. The standard InChI is InChI=1S/C49H52BNO6Si/c1-5-33(29-34-26-27-43(52)40-24-16-15-23-39(34)40)25-28-44-45-35(32-56-58(49(2,3)4,37-19-11-7-12-20-37)38-21-13-8-14-22-38)30-41-46(42(45)31-50(55)57-44)48(54)51(47(41)53)36-17-9-6-10-18-36/h6-24,26-27,29,41-42,44,46,52,55H,5,25,28,30-32H2,1-4H3/b33-29+/t41-,42+,44-,46-/m1/s1. The minimum absolute atomic E-state index is 0.196. The monoisotopic (exact) mass is 789 g/mol. The Hall–Kier alpha value is -5.06. The molecule has 8 rings (SSSR count). The maximum absolute atomic E-state index is 14.5. The topological polar surface area (TPSA) is 96.3 Å². The molecule has 0 bridgehead atoms. The fourth-order valence-corrected chi connectivity index (χ4v) is 14.6. The minimum Gasteiger partial charge on any atom is -0.507 e. The number of nitrogens with zero attached hydrogens (tertiary/aromatic N) is 1. The zero-order chi connectivity index (χ0) is 40.6. The van der Waals surface area contributed by atoms with Gasteiger partial charge in [0.05, 0.1) is 30.2 Å². The van der Waals surface area contributed by atoms with E-state index in [1.165, 1.54) is 20.8 Å². The van der Waals surface area contributed by atoms with Gasteiger partial charge < -0.3 is 19.2 Å². The van der Waals surface area contributed by atoms with E-state index in [1.807, 2.05) is 72.8 Å². The average Bonchev–Trinajstić information content (AvgIpc) is 3.49. The number of benzene rings is 5. The van der Waals surface area contributed by atoms with Gasteiger partial charge in [0.15, 0.2) is 0 Å². The summed E-state index contributed by atoms with van der Waals surface area (Å²) in [4.78, 5) is 30.3. The molecule has 0 saturated carbocycles. The van der Waals surface area contributed by atoms with Crippen LogP contribution in [-0.4, -0.2) is 50.1 Å². The molecular weight excluding hydrogens is 737 g/mol. The molecular formula is C49H52BNO6Si. The average molecular weight is 790 g/mol. The van der Waals surface area contributed by atoms with Gasteiger partial charge in [-0.3, -0.25) is 14.5 Å². The number of rotatable bonds is 11.